The zero-order valence-corrected chi connectivity index (χ0v) is 20.5. The van der Waals surface area contributed by atoms with E-state index < -0.39 is 0 Å². The molecule has 1 saturated carbocycles. The van der Waals surface area contributed by atoms with E-state index in [4.69, 9.17) is 25.8 Å². The van der Waals surface area contributed by atoms with Crippen molar-refractivity contribution < 1.29 is 19.0 Å². The number of rotatable bonds is 8. The van der Waals surface area contributed by atoms with Crippen molar-refractivity contribution in [3.63, 3.8) is 0 Å². The maximum absolute atomic E-state index is 13.5. The number of hydrogen-bond acceptors (Lipinski definition) is 5. The van der Waals surface area contributed by atoms with Gasteiger partial charge in [-0.25, -0.2) is 4.79 Å². The minimum atomic E-state index is -0.332. The van der Waals surface area contributed by atoms with Gasteiger partial charge in [0.15, 0.2) is 11.5 Å². The monoisotopic (exact) mass is 480 g/mol. The van der Waals surface area contributed by atoms with Gasteiger partial charge in [-0.2, -0.15) is 0 Å². The third kappa shape index (κ3) is 4.05. The van der Waals surface area contributed by atoms with Crippen LogP contribution in [0.3, 0.4) is 0 Å². The molecule has 0 atom stereocenters. The summed E-state index contributed by atoms with van der Waals surface area (Å²) in [6.45, 7) is 3.55. The smallest absolute Gasteiger partial charge is 0.340 e. The summed E-state index contributed by atoms with van der Waals surface area (Å²) in [6, 6.07) is 12.2. The van der Waals surface area contributed by atoms with E-state index in [0.717, 1.165) is 46.6 Å². The van der Waals surface area contributed by atoms with Crippen LogP contribution in [0.1, 0.15) is 41.4 Å². The summed E-state index contributed by atoms with van der Waals surface area (Å²) in [5.74, 6) is 0.985. The van der Waals surface area contributed by atoms with Gasteiger partial charge in [-0.05, 0) is 61.6 Å². The Kier molecular flexibility index (Phi) is 6.28. The van der Waals surface area contributed by atoms with E-state index in [2.05, 4.69) is 9.88 Å². The molecule has 0 radical (unpaired) electrons. The molecule has 0 saturated heterocycles. The van der Waals surface area contributed by atoms with Gasteiger partial charge in [0.05, 0.1) is 32.1 Å². The number of carbonyl (C=O) groups is 1. The Morgan fingerprint density at radius 2 is 1.91 bits per heavy atom. The molecule has 178 valence electrons. The van der Waals surface area contributed by atoms with Gasteiger partial charge in [0.1, 0.15) is 0 Å². The van der Waals surface area contributed by atoms with Gasteiger partial charge in [0, 0.05) is 41.0 Å². The SMILES string of the molecule is CCOC(=O)c1c(-c2cccc(Cl)c2)c(CNC2CC2)n2c1-c1cc(OC)c(OC)cc1CC2. The maximum atomic E-state index is 13.5. The molecule has 5 rings (SSSR count). The highest BCUT2D eigenvalue weighted by Crippen LogP contribution is 2.46. The lowest BCUT2D eigenvalue weighted by molar-refractivity contribution is 0.0528. The lowest BCUT2D eigenvalue weighted by atomic mass is 9.93. The molecule has 7 heteroatoms. The van der Waals surface area contributed by atoms with E-state index in [0.29, 0.717) is 41.3 Å². The van der Waals surface area contributed by atoms with Crippen molar-refractivity contribution in [2.45, 2.75) is 45.3 Å². The van der Waals surface area contributed by atoms with E-state index in [1.54, 1.807) is 14.2 Å². The van der Waals surface area contributed by atoms with Gasteiger partial charge < -0.3 is 24.1 Å². The van der Waals surface area contributed by atoms with Crippen LogP contribution in [-0.2, 0) is 24.2 Å². The highest BCUT2D eigenvalue weighted by molar-refractivity contribution is 6.31. The zero-order valence-electron chi connectivity index (χ0n) is 19.7. The van der Waals surface area contributed by atoms with Crippen LogP contribution >= 0.6 is 11.6 Å². The average molecular weight is 481 g/mol. The average Bonchev–Trinajstić information content (AvgIpc) is 3.61. The largest absolute Gasteiger partial charge is 0.493 e. The number of halogens is 1. The fourth-order valence-electron chi connectivity index (χ4n) is 4.84. The Morgan fingerprint density at radius 3 is 2.59 bits per heavy atom. The number of nitrogens with one attached hydrogen (secondary N) is 1. The number of methoxy groups -OCH3 is 2. The maximum Gasteiger partial charge on any atom is 0.340 e. The second-order valence-corrected chi connectivity index (χ2v) is 9.13. The first kappa shape index (κ1) is 22.8. The summed E-state index contributed by atoms with van der Waals surface area (Å²) in [5, 5.41) is 4.28. The van der Waals surface area contributed by atoms with Crippen LogP contribution in [0, 0.1) is 0 Å². The van der Waals surface area contributed by atoms with E-state index in [9.17, 15) is 4.79 Å². The summed E-state index contributed by atoms with van der Waals surface area (Å²) in [5.41, 5.74) is 6.39. The van der Waals surface area contributed by atoms with Crippen molar-refractivity contribution in [2.75, 3.05) is 20.8 Å². The van der Waals surface area contributed by atoms with Gasteiger partial charge in [-0.1, -0.05) is 23.7 Å². The molecule has 0 unspecified atom stereocenters. The third-order valence-corrected chi connectivity index (χ3v) is 6.80. The van der Waals surface area contributed by atoms with Gasteiger partial charge in [-0.3, -0.25) is 0 Å². The van der Waals surface area contributed by atoms with Gasteiger partial charge in [0.2, 0.25) is 0 Å². The number of carbonyl (C=O) groups excluding carboxylic acids is 1. The molecule has 1 fully saturated rings. The number of esters is 1. The lowest BCUT2D eigenvalue weighted by Gasteiger charge is -2.24. The molecule has 0 spiro atoms. The Bertz CT molecular complexity index is 1250. The molecule has 34 heavy (non-hydrogen) atoms. The zero-order chi connectivity index (χ0) is 23.8. The number of fused-ring (bicyclic) bond motifs is 3. The predicted octanol–water partition coefficient (Wildman–Crippen LogP) is 5.48. The van der Waals surface area contributed by atoms with Crippen LogP contribution in [0.15, 0.2) is 36.4 Å². The molecule has 1 aliphatic heterocycles. The predicted molar refractivity (Wildman–Crippen MR) is 133 cm³/mol. The van der Waals surface area contributed by atoms with Crippen molar-refractivity contribution in [3.05, 3.63) is 58.2 Å². The van der Waals surface area contributed by atoms with Crippen LogP contribution in [0.2, 0.25) is 5.02 Å². The molecule has 0 amide bonds. The summed E-state index contributed by atoms with van der Waals surface area (Å²) < 4.78 is 19.0. The molecule has 2 heterocycles. The fraction of sp³-hybridized carbons (Fsp3) is 0.370. The second kappa shape index (κ2) is 9.35. The van der Waals surface area contributed by atoms with Gasteiger partial charge in [0.25, 0.3) is 0 Å². The molecule has 2 aliphatic rings. The molecule has 6 nitrogen and oxygen atoms in total. The van der Waals surface area contributed by atoms with E-state index in [1.165, 1.54) is 12.8 Å². The minimum Gasteiger partial charge on any atom is -0.493 e. The number of hydrogen-bond donors (Lipinski definition) is 1. The highest BCUT2D eigenvalue weighted by atomic mass is 35.5. The topological polar surface area (TPSA) is 61.7 Å². The second-order valence-electron chi connectivity index (χ2n) is 8.70. The quantitative estimate of drug-likeness (QED) is 0.433. The van der Waals surface area contributed by atoms with Crippen LogP contribution < -0.4 is 14.8 Å². The number of aryl methyl sites for hydroxylation is 1. The molecular weight excluding hydrogens is 452 g/mol. The highest BCUT2D eigenvalue weighted by Gasteiger charge is 2.34. The molecule has 1 N–H and O–H groups in total. The molecular formula is C27H29ClN2O4. The number of aromatic nitrogens is 1. The van der Waals surface area contributed by atoms with Gasteiger partial charge >= 0.3 is 5.97 Å². The Hall–Kier alpha value is -2.96. The first-order valence-corrected chi connectivity index (χ1v) is 12.1. The summed E-state index contributed by atoms with van der Waals surface area (Å²) >= 11 is 6.39. The van der Waals surface area contributed by atoms with Gasteiger partial charge in [-0.15, -0.1) is 0 Å². The Labute approximate surface area is 204 Å². The third-order valence-electron chi connectivity index (χ3n) is 6.57. The fourth-order valence-corrected chi connectivity index (χ4v) is 5.03. The summed E-state index contributed by atoms with van der Waals surface area (Å²) in [7, 11) is 3.26. The lowest BCUT2D eigenvalue weighted by Crippen LogP contribution is -2.21. The molecule has 1 aromatic heterocycles. The van der Waals surface area contributed by atoms with E-state index >= 15 is 0 Å². The first-order chi connectivity index (χ1) is 16.5. The minimum absolute atomic E-state index is 0.298. The van der Waals surface area contributed by atoms with Crippen LogP contribution in [-0.4, -0.2) is 37.4 Å². The van der Waals surface area contributed by atoms with Crippen molar-refractivity contribution in [1.82, 2.24) is 9.88 Å². The summed E-state index contributed by atoms with van der Waals surface area (Å²) in [4.78, 5) is 13.5. The van der Waals surface area contributed by atoms with E-state index in [1.807, 2.05) is 43.3 Å². The first-order valence-electron chi connectivity index (χ1n) is 11.7. The van der Waals surface area contributed by atoms with Crippen molar-refractivity contribution in [1.29, 1.82) is 0 Å². The Balaban J connectivity index is 1.80. The van der Waals surface area contributed by atoms with Crippen molar-refractivity contribution >= 4 is 17.6 Å². The van der Waals surface area contributed by atoms with E-state index in [-0.39, 0.29) is 5.97 Å². The number of nitrogens with zero attached hydrogens (tertiary/aromatic N) is 1. The standard InChI is InChI=1S/C27H29ClN2O4/c1-4-34-27(31)25-24(17-6-5-7-18(28)12-17)21(15-29-19-8-9-19)30-11-10-16-13-22(32-2)23(33-3)14-20(16)26(25)30/h5-7,12-14,19,29H,4,8-11,15H2,1-3H3. The molecule has 1 aliphatic carbocycles. The molecule has 3 aromatic rings. The van der Waals surface area contributed by atoms with Crippen LogP contribution in [0.25, 0.3) is 22.4 Å². The van der Waals surface area contributed by atoms with Crippen molar-refractivity contribution in [2.24, 2.45) is 0 Å². The number of benzene rings is 2. The van der Waals surface area contributed by atoms with Crippen LogP contribution in [0.4, 0.5) is 0 Å². The van der Waals surface area contributed by atoms with Crippen LogP contribution in [0.5, 0.6) is 11.5 Å². The normalized spacial score (nSPS) is 14.4. The Morgan fingerprint density at radius 1 is 1.15 bits per heavy atom. The summed E-state index contributed by atoms with van der Waals surface area (Å²) in [6.07, 6.45) is 3.19. The molecule has 0 bridgehead atoms. The molecule has 2 aromatic carbocycles. The van der Waals surface area contributed by atoms with Crippen molar-refractivity contribution in [3.8, 4) is 33.9 Å². The number of ether oxygens (including phenoxy) is 3.